The van der Waals surface area contributed by atoms with Gasteiger partial charge in [0.15, 0.2) is 0 Å². The Bertz CT molecular complexity index is 377. The molecule has 0 fully saturated rings. The summed E-state index contributed by atoms with van der Waals surface area (Å²) in [7, 11) is 0. The Kier molecular flexibility index (Phi) is 3.79. The Morgan fingerprint density at radius 1 is 1.73 bits per heavy atom. The molecule has 0 amide bonds. The van der Waals surface area contributed by atoms with E-state index in [1.54, 1.807) is 13.0 Å². The fourth-order valence-corrected chi connectivity index (χ4v) is 1.14. The van der Waals surface area contributed by atoms with Crippen molar-refractivity contribution in [2.45, 2.75) is 13.3 Å². The molecule has 0 unspecified atom stereocenters. The van der Waals surface area contributed by atoms with Gasteiger partial charge in [0.25, 0.3) is 5.69 Å². The molecule has 0 atom stereocenters. The largest absolute Gasteiger partial charge is 0.370 e. The number of nitrogens with zero attached hydrogens (tertiary/aromatic N) is 2. The van der Waals surface area contributed by atoms with Crippen LogP contribution in [0.4, 0.5) is 11.5 Å². The monoisotopic (exact) mass is 207 g/mol. The van der Waals surface area contributed by atoms with Gasteiger partial charge in [-0.1, -0.05) is 6.08 Å². The molecule has 1 N–H and O–H groups in total. The molecule has 1 rings (SSSR count). The van der Waals surface area contributed by atoms with Crippen LogP contribution in [0, 0.1) is 17.0 Å². The first-order valence-corrected chi connectivity index (χ1v) is 4.61. The van der Waals surface area contributed by atoms with Gasteiger partial charge in [-0.2, -0.15) is 0 Å². The number of pyridine rings is 1. The molecule has 15 heavy (non-hydrogen) atoms. The van der Waals surface area contributed by atoms with Gasteiger partial charge in [-0.3, -0.25) is 10.1 Å². The van der Waals surface area contributed by atoms with Gasteiger partial charge in [0, 0.05) is 12.6 Å². The second-order valence-electron chi connectivity index (χ2n) is 3.12. The second kappa shape index (κ2) is 5.09. The molecule has 5 heteroatoms. The summed E-state index contributed by atoms with van der Waals surface area (Å²) < 4.78 is 0. The van der Waals surface area contributed by atoms with Gasteiger partial charge in [0.2, 0.25) is 0 Å². The molecule has 0 aliphatic rings. The first-order valence-electron chi connectivity index (χ1n) is 4.61. The highest BCUT2D eigenvalue weighted by molar-refractivity contribution is 5.48. The van der Waals surface area contributed by atoms with Crippen molar-refractivity contribution in [2.24, 2.45) is 0 Å². The number of aryl methyl sites for hydroxylation is 1. The smallest absolute Gasteiger partial charge is 0.287 e. The standard InChI is InChI=1S/C10H13N3O2/c1-3-4-5-11-10-8(2)6-9(7-12-10)13(14)15/h3,6-7H,1,4-5H2,2H3,(H,11,12). The third kappa shape index (κ3) is 3.05. The predicted molar refractivity (Wildman–Crippen MR) is 58.9 cm³/mol. The highest BCUT2D eigenvalue weighted by Gasteiger charge is 2.08. The van der Waals surface area contributed by atoms with Crippen molar-refractivity contribution in [3.63, 3.8) is 0 Å². The van der Waals surface area contributed by atoms with Crippen LogP contribution in [0.3, 0.4) is 0 Å². The summed E-state index contributed by atoms with van der Waals surface area (Å²) in [5.41, 5.74) is 0.787. The van der Waals surface area contributed by atoms with E-state index in [1.807, 2.05) is 0 Å². The summed E-state index contributed by atoms with van der Waals surface area (Å²) in [5, 5.41) is 13.5. The summed E-state index contributed by atoms with van der Waals surface area (Å²) in [4.78, 5) is 14.0. The Labute approximate surface area is 88.0 Å². The van der Waals surface area contributed by atoms with Crippen LogP contribution < -0.4 is 5.32 Å². The van der Waals surface area contributed by atoms with Crippen LogP contribution in [-0.4, -0.2) is 16.5 Å². The molecule has 0 spiro atoms. The molecule has 0 aromatic carbocycles. The molecule has 0 aliphatic heterocycles. The fraction of sp³-hybridized carbons (Fsp3) is 0.300. The van der Waals surface area contributed by atoms with Crippen LogP contribution in [0.1, 0.15) is 12.0 Å². The summed E-state index contributed by atoms with van der Waals surface area (Å²) in [6, 6.07) is 1.50. The summed E-state index contributed by atoms with van der Waals surface area (Å²) >= 11 is 0. The topological polar surface area (TPSA) is 68.1 Å². The predicted octanol–water partition coefficient (Wildman–Crippen LogP) is 2.29. The highest BCUT2D eigenvalue weighted by Crippen LogP contribution is 2.17. The molecule has 1 heterocycles. The van der Waals surface area contributed by atoms with Crippen molar-refractivity contribution in [3.8, 4) is 0 Å². The molecule has 0 saturated carbocycles. The van der Waals surface area contributed by atoms with Gasteiger partial charge < -0.3 is 5.32 Å². The van der Waals surface area contributed by atoms with Crippen molar-refractivity contribution < 1.29 is 4.92 Å². The lowest BCUT2D eigenvalue weighted by atomic mass is 10.2. The minimum absolute atomic E-state index is 0.0155. The Morgan fingerprint density at radius 3 is 3.00 bits per heavy atom. The summed E-state index contributed by atoms with van der Waals surface area (Å²) in [5.74, 6) is 0.683. The summed E-state index contributed by atoms with van der Waals surface area (Å²) in [6.45, 7) is 6.12. The van der Waals surface area contributed by atoms with Gasteiger partial charge in [-0.15, -0.1) is 6.58 Å². The van der Waals surface area contributed by atoms with Gasteiger partial charge in [-0.05, 0) is 18.9 Å². The number of hydrogen-bond donors (Lipinski definition) is 1. The molecule has 0 radical (unpaired) electrons. The number of anilines is 1. The lowest BCUT2D eigenvalue weighted by Gasteiger charge is -2.06. The second-order valence-corrected chi connectivity index (χ2v) is 3.12. The zero-order valence-corrected chi connectivity index (χ0v) is 8.56. The van der Waals surface area contributed by atoms with Crippen molar-refractivity contribution in [1.82, 2.24) is 4.98 Å². The third-order valence-electron chi connectivity index (χ3n) is 1.92. The molecule has 80 valence electrons. The molecule has 0 aliphatic carbocycles. The van der Waals surface area contributed by atoms with Crippen LogP contribution in [0.15, 0.2) is 24.9 Å². The van der Waals surface area contributed by atoms with Crippen molar-refractivity contribution in [1.29, 1.82) is 0 Å². The number of aromatic nitrogens is 1. The minimum atomic E-state index is -0.451. The lowest BCUT2D eigenvalue weighted by molar-refractivity contribution is -0.385. The Balaban J connectivity index is 2.74. The normalized spacial score (nSPS) is 9.67. The van der Waals surface area contributed by atoms with Crippen molar-refractivity contribution in [2.75, 3.05) is 11.9 Å². The summed E-state index contributed by atoms with van der Waals surface area (Å²) in [6.07, 6.45) is 3.88. The van der Waals surface area contributed by atoms with E-state index in [0.29, 0.717) is 5.82 Å². The zero-order valence-electron chi connectivity index (χ0n) is 8.56. The SMILES string of the molecule is C=CCCNc1ncc([N+](=O)[O-])cc1C. The first kappa shape index (κ1) is 11.2. The molecular weight excluding hydrogens is 194 g/mol. The van der Waals surface area contributed by atoms with E-state index in [4.69, 9.17) is 0 Å². The van der Waals surface area contributed by atoms with E-state index in [-0.39, 0.29) is 5.69 Å². The Hall–Kier alpha value is -1.91. The van der Waals surface area contributed by atoms with Crippen LogP contribution in [0.25, 0.3) is 0 Å². The molecular formula is C10H13N3O2. The highest BCUT2D eigenvalue weighted by atomic mass is 16.6. The maximum atomic E-state index is 10.5. The first-order chi connectivity index (χ1) is 7.15. The third-order valence-corrected chi connectivity index (χ3v) is 1.92. The number of rotatable bonds is 5. The van der Waals surface area contributed by atoms with Crippen molar-refractivity contribution >= 4 is 11.5 Å². The molecule has 1 aromatic rings. The van der Waals surface area contributed by atoms with Crippen LogP contribution in [0.5, 0.6) is 0 Å². The van der Waals surface area contributed by atoms with E-state index < -0.39 is 4.92 Å². The minimum Gasteiger partial charge on any atom is -0.370 e. The number of nitro groups is 1. The molecule has 0 saturated heterocycles. The number of hydrogen-bond acceptors (Lipinski definition) is 4. The lowest BCUT2D eigenvalue weighted by Crippen LogP contribution is -2.04. The molecule has 0 bridgehead atoms. The van der Waals surface area contributed by atoms with Gasteiger partial charge >= 0.3 is 0 Å². The van der Waals surface area contributed by atoms with E-state index in [2.05, 4.69) is 16.9 Å². The van der Waals surface area contributed by atoms with E-state index >= 15 is 0 Å². The fourth-order valence-electron chi connectivity index (χ4n) is 1.14. The average Bonchev–Trinajstić information content (AvgIpc) is 2.20. The van der Waals surface area contributed by atoms with Gasteiger partial charge in [0.05, 0.1) is 4.92 Å². The van der Waals surface area contributed by atoms with E-state index in [0.717, 1.165) is 18.5 Å². The van der Waals surface area contributed by atoms with Gasteiger partial charge in [0.1, 0.15) is 12.0 Å². The van der Waals surface area contributed by atoms with Gasteiger partial charge in [-0.25, -0.2) is 4.98 Å². The van der Waals surface area contributed by atoms with E-state index in [1.165, 1.54) is 12.3 Å². The zero-order chi connectivity index (χ0) is 11.3. The molecule has 5 nitrogen and oxygen atoms in total. The van der Waals surface area contributed by atoms with Crippen LogP contribution in [-0.2, 0) is 0 Å². The Morgan fingerprint density at radius 2 is 2.47 bits per heavy atom. The number of nitrogens with one attached hydrogen (secondary N) is 1. The maximum absolute atomic E-state index is 10.5. The van der Waals surface area contributed by atoms with Crippen LogP contribution >= 0.6 is 0 Å². The quantitative estimate of drug-likeness (QED) is 0.348. The van der Waals surface area contributed by atoms with Crippen LogP contribution in [0.2, 0.25) is 0 Å². The van der Waals surface area contributed by atoms with Crippen molar-refractivity contribution in [3.05, 3.63) is 40.6 Å². The van der Waals surface area contributed by atoms with E-state index in [9.17, 15) is 10.1 Å². The molecule has 1 aromatic heterocycles. The average molecular weight is 207 g/mol. The maximum Gasteiger partial charge on any atom is 0.287 e.